The van der Waals surface area contributed by atoms with Gasteiger partial charge in [-0.15, -0.1) is 0 Å². The van der Waals surface area contributed by atoms with Gasteiger partial charge in [-0.25, -0.2) is 0 Å². The van der Waals surface area contributed by atoms with Gasteiger partial charge in [0.05, 0.1) is 0 Å². The van der Waals surface area contributed by atoms with Crippen LogP contribution in [0.25, 0.3) is 0 Å². The summed E-state index contributed by atoms with van der Waals surface area (Å²) in [7, 11) is -0.109. The fourth-order valence-corrected chi connectivity index (χ4v) is 1.93. The maximum Gasteiger partial charge on any atom is 0.0412 e. The fourth-order valence-electron chi connectivity index (χ4n) is 0.980. The molecule has 0 aliphatic rings. The van der Waals surface area contributed by atoms with E-state index in [1.54, 1.807) is 0 Å². The third-order valence-electron chi connectivity index (χ3n) is 1.53. The second-order valence-corrected chi connectivity index (χ2v) is 4.98. The van der Waals surface area contributed by atoms with Crippen molar-refractivity contribution < 1.29 is 0 Å². The lowest BCUT2D eigenvalue weighted by Gasteiger charge is -2.09. The molecule has 0 fully saturated rings. The molecule has 11 heavy (non-hydrogen) atoms. The molecule has 0 spiro atoms. The first-order valence-electron chi connectivity index (χ1n) is 3.43. The van der Waals surface area contributed by atoms with Crippen molar-refractivity contribution in [1.82, 2.24) is 0 Å². The van der Waals surface area contributed by atoms with Crippen LogP contribution in [0.5, 0.6) is 0 Å². The molecular weight excluding hydrogens is 155 g/mol. The van der Waals surface area contributed by atoms with Gasteiger partial charge in [-0.05, 0) is 30.8 Å². The standard InChI is InChI=1S/C8H13N2P/c1-11(2)8-4-3-6(9)5-7(8)10/h3-5H,9-10H2,1-2H3. The van der Waals surface area contributed by atoms with E-state index in [1.165, 1.54) is 5.30 Å². The van der Waals surface area contributed by atoms with Gasteiger partial charge >= 0.3 is 0 Å². The third kappa shape index (κ3) is 1.84. The maximum atomic E-state index is 5.76. The predicted octanol–water partition coefficient (Wildman–Crippen LogP) is 1.22. The first-order chi connectivity index (χ1) is 5.11. The van der Waals surface area contributed by atoms with Crippen molar-refractivity contribution in [2.45, 2.75) is 0 Å². The van der Waals surface area contributed by atoms with Crippen LogP contribution in [0.4, 0.5) is 11.4 Å². The van der Waals surface area contributed by atoms with Gasteiger partial charge in [-0.2, -0.15) is 0 Å². The molecule has 0 radical (unpaired) electrons. The van der Waals surface area contributed by atoms with Crippen molar-refractivity contribution in [1.29, 1.82) is 0 Å². The number of benzene rings is 1. The molecule has 0 unspecified atom stereocenters. The van der Waals surface area contributed by atoms with E-state index in [4.69, 9.17) is 11.5 Å². The number of hydrogen-bond acceptors (Lipinski definition) is 2. The summed E-state index contributed by atoms with van der Waals surface area (Å²) in [4.78, 5) is 0. The molecule has 1 rings (SSSR count). The van der Waals surface area contributed by atoms with E-state index in [0.717, 1.165) is 11.4 Å². The fraction of sp³-hybridized carbons (Fsp3) is 0.250. The number of rotatable bonds is 1. The second kappa shape index (κ2) is 3.10. The zero-order valence-corrected chi connectivity index (χ0v) is 7.73. The smallest absolute Gasteiger partial charge is 0.0412 e. The van der Waals surface area contributed by atoms with Crippen LogP contribution >= 0.6 is 7.92 Å². The van der Waals surface area contributed by atoms with E-state index < -0.39 is 0 Å². The zero-order valence-electron chi connectivity index (χ0n) is 6.83. The Morgan fingerprint density at radius 1 is 1.18 bits per heavy atom. The second-order valence-electron chi connectivity index (χ2n) is 2.71. The molecule has 0 saturated carbocycles. The molecule has 2 nitrogen and oxygen atoms in total. The van der Waals surface area contributed by atoms with E-state index in [9.17, 15) is 0 Å². The molecule has 3 heteroatoms. The Morgan fingerprint density at radius 3 is 2.27 bits per heavy atom. The highest BCUT2D eigenvalue weighted by Crippen LogP contribution is 2.27. The molecule has 0 aromatic heterocycles. The predicted molar refractivity (Wildman–Crippen MR) is 53.7 cm³/mol. The maximum absolute atomic E-state index is 5.76. The van der Waals surface area contributed by atoms with Crippen molar-refractivity contribution in [2.75, 3.05) is 24.8 Å². The number of anilines is 2. The van der Waals surface area contributed by atoms with Crippen LogP contribution in [0, 0.1) is 0 Å². The molecule has 60 valence electrons. The van der Waals surface area contributed by atoms with Gasteiger partial charge in [0.1, 0.15) is 0 Å². The van der Waals surface area contributed by atoms with Gasteiger partial charge in [-0.3, -0.25) is 0 Å². The first kappa shape index (κ1) is 8.35. The summed E-state index contributed by atoms with van der Waals surface area (Å²) in [5.41, 5.74) is 12.9. The summed E-state index contributed by atoms with van der Waals surface area (Å²) in [6.07, 6.45) is 0. The Balaban J connectivity index is 3.09. The minimum Gasteiger partial charge on any atom is -0.399 e. The van der Waals surface area contributed by atoms with Crippen LogP contribution in [-0.2, 0) is 0 Å². The lowest BCUT2D eigenvalue weighted by molar-refractivity contribution is 1.70. The average Bonchev–Trinajstić information content (AvgIpc) is 1.85. The van der Waals surface area contributed by atoms with Crippen LogP contribution in [-0.4, -0.2) is 13.3 Å². The van der Waals surface area contributed by atoms with E-state index in [1.807, 2.05) is 18.2 Å². The molecule has 1 aromatic rings. The number of nitrogen functional groups attached to an aromatic ring is 2. The monoisotopic (exact) mass is 168 g/mol. The Hall–Kier alpha value is -0.750. The van der Waals surface area contributed by atoms with Gasteiger partial charge < -0.3 is 11.5 Å². The topological polar surface area (TPSA) is 52.0 Å². The zero-order chi connectivity index (χ0) is 8.43. The van der Waals surface area contributed by atoms with Crippen LogP contribution in [0.3, 0.4) is 0 Å². The van der Waals surface area contributed by atoms with Crippen LogP contribution in [0.2, 0.25) is 0 Å². The van der Waals surface area contributed by atoms with Crippen molar-refractivity contribution in [3.63, 3.8) is 0 Å². The average molecular weight is 168 g/mol. The molecule has 0 aliphatic heterocycles. The van der Waals surface area contributed by atoms with E-state index in [2.05, 4.69) is 13.3 Å². The normalized spacial score (nSPS) is 10.5. The van der Waals surface area contributed by atoms with E-state index in [0.29, 0.717) is 0 Å². The van der Waals surface area contributed by atoms with Crippen molar-refractivity contribution >= 4 is 24.6 Å². The first-order valence-corrected chi connectivity index (χ1v) is 5.67. The molecule has 0 bridgehead atoms. The van der Waals surface area contributed by atoms with Crippen molar-refractivity contribution in [3.05, 3.63) is 18.2 Å². The highest BCUT2D eigenvalue weighted by atomic mass is 31.1. The Kier molecular flexibility index (Phi) is 2.35. The van der Waals surface area contributed by atoms with Gasteiger partial charge in [0.2, 0.25) is 0 Å². The highest BCUT2D eigenvalue weighted by Gasteiger charge is 2.02. The summed E-state index contributed by atoms with van der Waals surface area (Å²) in [5, 5.41) is 1.23. The largest absolute Gasteiger partial charge is 0.399 e. The van der Waals surface area contributed by atoms with Crippen molar-refractivity contribution in [3.8, 4) is 0 Å². The Morgan fingerprint density at radius 2 is 1.82 bits per heavy atom. The molecular formula is C8H13N2P. The number of nitrogens with two attached hydrogens (primary N) is 2. The molecule has 0 heterocycles. The summed E-state index contributed by atoms with van der Waals surface area (Å²) in [5.74, 6) is 0. The summed E-state index contributed by atoms with van der Waals surface area (Å²) in [6.45, 7) is 4.36. The summed E-state index contributed by atoms with van der Waals surface area (Å²) < 4.78 is 0. The third-order valence-corrected chi connectivity index (χ3v) is 2.90. The van der Waals surface area contributed by atoms with Gasteiger partial charge in [0.15, 0.2) is 0 Å². The van der Waals surface area contributed by atoms with Crippen LogP contribution in [0.1, 0.15) is 0 Å². The molecule has 1 aromatic carbocycles. The van der Waals surface area contributed by atoms with E-state index in [-0.39, 0.29) is 7.92 Å². The van der Waals surface area contributed by atoms with Gasteiger partial charge in [0, 0.05) is 11.4 Å². The molecule has 0 amide bonds. The minimum absolute atomic E-state index is 0.109. The van der Waals surface area contributed by atoms with Gasteiger partial charge in [-0.1, -0.05) is 14.0 Å². The summed E-state index contributed by atoms with van der Waals surface area (Å²) >= 11 is 0. The van der Waals surface area contributed by atoms with Crippen LogP contribution < -0.4 is 16.8 Å². The Bertz CT molecular complexity index is 258. The number of hydrogen-bond donors (Lipinski definition) is 2. The van der Waals surface area contributed by atoms with E-state index >= 15 is 0 Å². The Labute approximate surface area is 68.3 Å². The molecule has 0 atom stereocenters. The van der Waals surface area contributed by atoms with Crippen LogP contribution in [0.15, 0.2) is 18.2 Å². The van der Waals surface area contributed by atoms with Crippen molar-refractivity contribution in [2.24, 2.45) is 0 Å². The minimum atomic E-state index is -0.109. The lowest BCUT2D eigenvalue weighted by Crippen LogP contribution is -2.07. The highest BCUT2D eigenvalue weighted by molar-refractivity contribution is 7.64. The SMILES string of the molecule is CP(C)c1ccc(N)cc1N. The molecule has 0 saturated heterocycles. The van der Waals surface area contributed by atoms with Gasteiger partial charge in [0.25, 0.3) is 0 Å². The molecule has 4 N–H and O–H groups in total. The quantitative estimate of drug-likeness (QED) is 0.489. The lowest BCUT2D eigenvalue weighted by atomic mass is 10.3. The summed E-state index contributed by atoms with van der Waals surface area (Å²) in [6, 6.07) is 5.72. The molecule has 0 aliphatic carbocycles.